The summed E-state index contributed by atoms with van der Waals surface area (Å²) in [4.78, 5) is 31.1. The summed E-state index contributed by atoms with van der Waals surface area (Å²) >= 11 is 0. The van der Waals surface area contributed by atoms with Crippen molar-refractivity contribution in [2.24, 2.45) is 0 Å². The van der Waals surface area contributed by atoms with Gasteiger partial charge in [-0.3, -0.25) is 9.59 Å². The first-order chi connectivity index (χ1) is 18.7. The smallest absolute Gasteiger partial charge is 0.274 e. The minimum absolute atomic E-state index is 0.101. The largest absolute Gasteiger partial charge is 0.381 e. The number of fused-ring (bicyclic) bond motifs is 1. The van der Waals surface area contributed by atoms with Gasteiger partial charge in [-0.05, 0) is 50.7 Å². The fraction of sp³-hybridized carbons (Fsp3) is 0.520. The first-order valence-corrected chi connectivity index (χ1v) is 12.2. The molecule has 5 rings (SSSR count). The molecule has 0 aliphatic heterocycles. The standard InChI is InChI=1S/C25H33N7O4/c1-26-22-13-21(28-19-5-4-12-31(25(19)34)15-6-8-16(35-2)9-7-15)30-23-17(14-27-32(22)23)24(33)29-18-10-11-20(18)36-3/h4-5,12-16,18,20,26H,6-11H2,1-3H3,(H,28,30)(H,29,33)/t15?,16?,18-,20-/m0/s1/i3D3. The topological polar surface area (TPSA) is 124 Å². The van der Waals surface area contributed by atoms with Crippen molar-refractivity contribution in [2.45, 2.75) is 62.8 Å². The van der Waals surface area contributed by atoms with E-state index >= 15 is 0 Å². The fourth-order valence-electron chi connectivity index (χ4n) is 4.98. The van der Waals surface area contributed by atoms with Crippen LogP contribution in [0, 0.1) is 0 Å². The maximum atomic E-state index is 13.3. The van der Waals surface area contributed by atoms with Crippen LogP contribution in [-0.4, -0.2) is 64.5 Å². The summed E-state index contributed by atoms with van der Waals surface area (Å²) in [5, 5.41) is 13.3. The van der Waals surface area contributed by atoms with E-state index in [4.69, 9.17) is 13.6 Å². The van der Waals surface area contributed by atoms with Gasteiger partial charge in [0.2, 0.25) is 0 Å². The molecule has 2 aliphatic rings. The number of hydrogen-bond donors (Lipinski definition) is 3. The number of aromatic nitrogens is 4. The Kier molecular flexibility index (Phi) is 5.91. The molecule has 2 aliphatic carbocycles. The van der Waals surface area contributed by atoms with Crippen molar-refractivity contribution in [1.82, 2.24) is 24.5 Å². The van der Waals surface area contributed by atoms with Crippen molar-refractivity contribution in [3.63, 3.8) is 0 Å². The lowest BCUT2D eigenvalue weighted by molar-refractivity contribution is 0.00732. The number of anilines is 3. The highest BCUT2D eigenvalue weighted by Gasteiger charge is 2.33. The van der Waals surface area contributed by atoms with Gasteiger partial charge < -0.3 is 30.0 Å². The van der Waals surface area contributed by atoms with E-state index in [0.717, 1.165) is 25.7 Å². The van der Waals surface area contributed by atoms with Gasteiger partial charge in [0.1, 0.15) is 22.9 Å². The van der Waals surface area contributed by atoms with Crippen LogP contribution in [0.3, 0.4) is 0 Å². The second-order valence-electron chi connectivity index (χ2n) is 9.31. The summed E-state index contributed by atoms with van der Waals surface area (Å²) in [6.45, 7) is 0. The van der Waals surface area contributed by atoms with Crippen molar-refractivity contribution in [1.29, 1.82) is 0 Å². The third kappa shape index (κ3) is 4.56. The molecule has 0 saturated heterocycles. The van der Waals surface area contributed by atoms with Gasteiger partial charge >= 0.3 is 0 Å². The molecule has 3 aromatic heterocycles. The molecule has 0 unspecified atom stereocenters. The molecule has 3 N–H and O–H groups in total. The predicted molar refractivity (Wildman–Crippen MR) is 136 cm³/mol. The first-order valence-electron chi connectivity index (χ1n) is 13.7. The highest BCUT2D eigenvalue weighted by Crippen LogP contribution is 2.29. The zero-order valence-electron chi connectivity index (χ0n) is 23.4. The molecule has 36 heavy (non-hydrogen) atoms. The van der Waals surface area contributed by atoms with Crippen LogP contribution >= 0.6 is 0 Å². The number of amides is 1. The van der Waals surface area contributed by atoms with Crippen molar-refractivity contribution >= 4 is 28.9 Å². The molecular weight excluding hydrogens is 462 g/mol. The van der Waals surface area contributed by atoms with Gasteiger partial charge in [0.05, 0.1) is 28.6 Å². The quantitative estimate of drug-likeness (QED) is 0.433. The number of hydrogen-bond acceptors (Lipinski definition) is 8. The molecule has 11 heteroatoms. The average Bonchev–Trinajstić information content (AvgIpc) is 3.34. The van der Waals surface area contributed by atoms with E-state index in [9.17, 15) is 9.59 Å². The molecule has 1 amide bonds. The Hall–Kier alpha value is -3.44. The van der Waals surface area contributed by atoms with Gasteiger partial charge in [-0.2, -0.15) is 9.61 Å². The summed E-state index contributed by atoms with van der Waals surface area (Å²) in [7, 11) is 0.915. The minimum atomic E-state index is -2.53. The van der Waals surface area contributed by atoms with Crippen molar-refractivity contribution < 1.29 is 18.4 Å². The number of ether oxygens (including phenoxy) is 2. The van der Waals surface area contributed by atoms with Crippen molar-refractivity contribution in [3.05, 3.63) is 46.5 Å². The normalized spacial score (nSPS) is 25.3. The lowest BCUT2D eigenvalue weighted by Gasteiger charge is -2.35. The Balaban J connectivity index is 1.38. The van der Waals surface area contributed by atoms with Gasteiger partial charge in [-0.15, -0.1) is 0 Å². The molecule has 0 bridgehead atoms. The first kappa shape index (κ1) is 20.7. The van der Waals surface area contributed by atoms with Crippen LogP contribution in [0.25, 0.3) is 5.65 Å². The van der Waals surface area contributed by atoms with Crippen molar-refractivity contribution in [2.75, 3.05) is 31.8 Å². The van der Waals surface area contributed by atoms with Gasteiger partial charge in [-0.1, -0.05) is 0 Å². The van der Waals surface area contributed by atoms with Crippen LogP contribution in [0.2, 0.25) is 0 Å². The number of methoxy groups -OCH3 is 2. The number of nitrogens with one attached hydrogen (secondary N) is 3. The second-order valence-corrected chi connectivity index (χ2v) is 9.31. The van der Waals surface area contributed by atoms with Crippen LogP contribution in [0.4, 0.5) is 17.3 Å². The Labute approximate surface area is 213 Å². The zero-order valence-corrected chi connectivity index (χ0v) is 20.4. The van der Waals surface area contributed by atoms with E-state index in [-0.39, 0.29) is 28.9 Å². The van der Waals surface area contributed by atoms with E-state index in [1.54, 1.807) is 30.9 Å². The van der Waals surface area contributed by atoms with Gasteiger partial charge in [-0.25, -0.2) is 4.98 Å². The second kappa shape index (κ2) is 10.3. The summed E-state index contributed by atoms with van der Waals surface area (Å²) in [6, 6.07) is 4.92. The van der Waals surface area contributed by atoms with Crippen LogP contribution in [0.5, 0.6) is 0 Å². The van der Waals surface area contributed by atoms with E-state index in [1.165, 1.54) is 10.7 Å². The minimum Gasteiger partial charge on any atom is -0.381 e. The number of nitrogens with zero attached hydrogens (tertiary/aromatic N) is 4. The molecule has 0 radical (unpaired) electrons. The summed E-state index contributed by atoms with van der Waals surface area (Å²) in [5.74, 6) is 0.490. The van der Waals surface area contributed by atoms with Gasteiger partial charge in [0, 0.05) is 39.5 Å². The molecule has 3 heterocycles. The molecule has 0 spiro atoms. The summed E-state index contributed by atoms with van der Waals surface area (Å²) in [6.07, 6.45) is 7.59. The molecule has 2 saturated carbocycles. The number of rotatable bonds is 8. The van der Waals surface area contributed by atoms with E-state index in [0.29, 0.717) is 30.2 Å². The third-order valence-electron chi connectivity index (χ3n) is 7.26. The highest BCUT2D eigenvalue weighted by molar-refractivity contribution is 6.00. The number of carbonyl (C=O) groups excluding carboxylic acids is 1. The SMILES string of the molecule is [2H]C([2H])([2H])O[C@H]1CC[C@@H]1NC(=O)c1cnn2c(NC)cc(Nc3cccn(C4CCC(OC)CC4)c3=O)nc12. The maximum Gasteiger partial charge on any atom is 0.274 e. The highest BCUT2D eigenvalue weighted by atomic mass is 16.5. The molecule has 2 fully saturated rings. The number of carbonyl (C=O) groups is 1. The third-order valence-corrected chi connectivity index (χ3v) is 7.26. The number of pyridine rings is 1. The lowest BCUT2D eigenvalue weighted by Crippen LogP contribution is -2.51. The Morgan fingerprint density at radius 3 is 2.72 bits per heavy atom. The molecule has 192 valence electrons. The summed E-state index contributed by atoms with van der Waals surface area (Å²) < 4.78 is 35.7. The van der Waals surface area contributed by atoms with E-state index in [2.05, 4.69) is 26.0 Å². The fourth-order valence-corrected chi connectivity index (χ4v) is 4.98. The van der Waals surface area contributed by atoms with Gasteiger partial charge in [0.25, 0.3) is 11.5 Å². The molecule has 11 nitrogen and oxygen atoms in total. The van der Waals surface area contributed by atoms with Crippen LogP contribution in [0.1, 0.15) is 59.0 Å². The Morgan fingerprint density at radius 2 is 2.03 bits per heavy atom. The molecule has 2 atom stereocenters. The molecule has 3 aromatic rings. The van der Waals surface area contributed by atoms with E-state index < -0.39 is 25.1 Å². The Bertz CT molecular complexity index is 1400. The van der Waals surface area contributed by atoms with E-state index in [1.807, 2.05) is 12.3 Å². The zero-order chi connectivity index (χ0) is 27.7. The van der Waals surface area contributed by atoms with Gasteiger partial charge in [0.15, 0.2) is 5.65 Å². The molecule has 0 aromatic carbocycles. The van der Waals surface area contributed by atoms with Crippen LogP contribution in [-0.2, 0) is 9.47 Å². The monoisotopic (exact) mass is 498 g/mol. The summed E-state index contributed by atoms with van der Waals surface area (Å²) in [5.41, 5.74) is 0.719. The molecular formula is C25H33N7O4. The average molecular weight is 499 g/mol. The van der Waals surface area contributed by atoms with Crippen LogP contribution < -0.4 is 21.5 Å². The predicted octanol–water partition coefficient (Wildman–Crippen LogP) is 2.71. The van der Waals surface area contributed by atoms with Crippen LogP contribution in [0.15, 0.2) is 35.4 Å². The Morgan fingerprint density at radius 1 is 1.19 bits per heavy atom. The maximum absolute atomic E-state index is 13.3. The lowest BCUT2D eigenvalue weighted by atomic mass is 9.89. The van der Waals surface area contributed by atoms with Crippen molar-refractivity contribution in [3.8, 4) is 0 Å².